The van der Waals surface area contributed by atoms with E-state index in [-0.39, 0.29) is 17.1 Å². The smallest absolute Gasteiger partial charge is 0.237 e. The molecule has 88 valence electrons. The van der Waals surface area contributed by atoms with E-state index < -0.39 is 0 Å². The summed E-state index contributed by atoms with van der Waals surface area (Å²) in [6.45, 7) is 3.93. The third-order valence-corrected chi connectivity index (χ3v) is 4.10. The molecule has 1 unspecified atom stereocenters. The van der Waals surface area contributed by atoms with Crippen LogP contribution in [0.3, 0.4) is 0 Å². The predicted octanol–water partition coefficient (Wildman–Crippen LogP) is 4.10. The first-order valence-electron chi connectivity index (χ1n) is 4.86. The van der Waals surface area contributed by atoms with Crippen molar-refractivity contribution in [2.45, 2.75) is 19.1 Å². The molecule has 1 atom stereocenters. The Balaban J connectivity index is 2.80. The van der Waals surface area contributed by atoms with E-state index in [0.29, 0.717) is 0 Å². The van der Waals surface area contributed by atoms with Crippen molar-refractivity contribution in [1.82, 2.24) is 0 Å². The molecule has 0 saturated carbocycles. The molecular formula is C11H13Br2NOS. The number of thiol groups is 1. The van der Waals surface area contributed by atoms with Gasteiger partial charge >= 0.3 is 0 Å². The van der Waals surface area contributed by atoms with Gasteiger partial charge in [-0.15, -0.1) is 0 Å². The molecular weight excluding hydrogens is 354 g/mol. The lowest BCUT2D eigenvalue weighted by atomic mass is 10.1. The Morgan fingerprint density at radius 3 is 2.56 bits per heavy atom. The molecule has 0 saturated heterocycles. The Bertz CT molecular complexity index is 396. The molecule has 0 radical (unpaired) electrons. The van der Waals surface area contributed by atoms with Crippen molar-refractivity contribution in [3.63, 3.8) is 0 Å². The Kier molecular flexibility index (Phi) is 5.34. The number of hydrogen-bond acceptors (Lipinski definition) is 2. The van der Waals surface area contributed by atoms with E-state index in [4.69, 9.17) is 0 Å². The lowest BCUT2D eigenvalue weighted by Crippen LogP contribution is -2.27. The molecule has 0 aliphatic rings. The van der Waals surface area contributed by atoms with E-state index in [2.05, 4.69) is 49.8 Å². The summed E-state index contributed by atoms with van der Waals surface area (Å²) in [6, 6.07) is 5.63. The van der Waals surface area contributed by atoms with Gasteiger partial charge in [0.1, 0.15) is 0 Å². The van der Waals surface area contributed by atoms with Gasteiger partial charge in [0.25, 0.3) is 0 Å². The third kappa shape index (κ3) is 3.79. The fourth-order valence-electron chi connectivity index (χ4n) is 1.10. The molecule has 2 nitrogen and oxygen atoms in total. The lowest BCUT2D eigenvalue weighted by Gasteiger charge is -2.15. The van der Waals surface area contributed by atoms with Gasteiger partial charge in [0.2, 0.25) is 5.91 Å². The van der Waals surface area contributed by atoms with Crippen molar-refractivity contribution < 1.29 is 4.79 Å². The van der Waals surface area contributed by atoms with Crippen LogP contribution < -0.4 is 5.32 Å². The van der Waals surface area contributed by atoms with Crippen LogP contribution in [0.15, 0.2) is 27.1 Å². The molecule has 1 rings (SSSR count). The number of hydrogen-bond donors (Lipinski definition) is 2. The summed E-state index contributed by atoms with van der Waals surface area (Å²) in [4.78, 5) is 11.8. The first-order chi connectivity index (χ1) is 7.41. The average Bonchev–Trinajstić information content (AvgIpc) is 2.22. The molecule has 0 heterocycles. The van der Waals surface area contributed by atoms with E-state index in [9.17, 15) is 4.79 Å². The monoisotopic (exact) mass is 365 g/mol. The number of nitrogens with one attached hydrogen (secondary N) is 1. The molecule has 1 N–H and O–H groups in total. The van der Waals surface area contributed by atoms with Crippen LogP contribution in [-0.2, 0) is 4.79 Å². The molecule has 1 amide bonds. The number of carbonyl (C=O) groups is 1. The number of rotatable bonds is 3. The SMILES string of the molecule is CC(C)C(S)C(=O)Nc1cc(Br)ccc1Br. The highest BCUT2D eigenvalue weighted by atomic mass is 79.9. The minimum atomic E-state index is -0.300. The second kappa shape index (κ2) is 6.07. The summed E-state index contributed by atoms with van der Waals surface area (Å²) in [6.07, 6.45) is 0. The van der Waals surface area contributed by atoms with Crippen molar-refractivity contribution in [3.05, 3.63) is 27.1 Å². The highest BCUT2D eigenvalue weighted by molar-refractivity contribution is 9.11. The molecule has 0 aliphatic carbocycles. The van der Waals surface area contributed by atoms with Crippen LogP contribution in [0.1, 0.15) is 13.8 Å². The summed E-state index contributed by atoms with van der Waals surface area (Å²) in [5, 5.41) is 2.54. The van der Waals surface area contributed by atoms with E-state index in [0.717, 1.165) is 14.6 Å². The summed E-state index contributed by atoms with van der Waals surface area (Å²) in [5.74, 6) is 0.117. The zero-order valence-corrected chi connectivity index (χ0v) is 13.1. The standard InChI is InChI=1S/C11H13Br2NOS/c1-6(2)10(16)11(15)14-9-5-7(12)3-4-8(9)13/h3-6,10,16H,1-2H3,(H,14,15). The van der Waals surface area contributed by atoms with Crippen LogP contribution in [0.5, 0.6) is 0 Å². The van der Waals surface area contributed by atoms with Gasteiger partial charge in [-0.25, -0.2) is 0 Å². The molecule has 0 spiro atoms. The lowest BCUT2D eigenvalue weighted by molar-refractivity contribution is -0.116. The van der Waals surface area contributed by atoms with E-state index in [1.807, 2.05) is 32.0 Å². The average molecular weight is 367 g/mol. The molecule has 0 bridgehead atoms. The summed E-state index contributed by atoms with van der Waals surface area (Å²) in [7, 11) is 0. The molecule has 1 aromatic carbocycles. The van der Waals surface area contributed by atoms with Gasteiger partial charge < -0.3 is 5.32 Å². The van der Waals surface area contributed by atoms with Crippen LogP contribution in [0.2, 0.25) is 0 Å². The van der Waals surface area contributed by atoms with Gasteiger partial charge in [0.05, 0.1) is 10.9 Å². The molecule has 0 aromatic heterocycles. The maximum atomic E-state index is 11.8. The quantitative estimate of drug-likeness (QED) is 0.774. The molecule has 0 aliphatic heterocycles. The number of carbonyl (C=O) groups excluding carboxylic acids is 1. The molecule has 5 heteroatoms. The predicted molar refractivity (Wildman–Crippen MR) is 78.1 cm³/mol. The fourth-order valence-corrected chi connectivity index (χ4v) is 1.87. The third-order valence-electron chi connectivity index (χ3n) is 2.09. The van der Waals surface area contributed by atoms with Crippen LogP contribution >= 0.6 is 44.5 Å². The van der Waals surface area contributed by atoms with E-state index in [1.165, 1.54) is 0 Å². The summed E-state index contributed by atoms with van der Waals surface area (Å²) < 4.78 is 1.78. The zero-order valence-electron chi connectivity index (χ0n) is 9.00. The van der Waals surface area contributed by atoms with Crippen LogP contribution in [-0.4, -0.2) is 11.2 Å². The van der Waals surface area contributed by atoms with Gasteiger partial charge in [-0.2, -0.15) is 12.6 Å². The fraction of sp³-hybridized carbons (Fsp3) is 0.364. The second-order valence-electron chi connectivity index (χ2n) is 3.80. The normalized spacial score (nSPS) is 12.6. The van der Waals surface area contributed by atoms with Gasteiger partial charge in [-0.05, 0) is 40.0 Å². The Morgan fingerprint density at radius 1 is 1.38 bits per heavy atom. The van der Waals surface area contributed by atoms with Gasteiger partial charge in [0, 0.05) is 8.95 Å². The summed E-state index contributed by atoms with van der Waals surface area (Å²) >= 11 is 11.0. The Morgan fingerprint density at radius 2 is 2.00 bits per heavy atom. The molecule has 16 heavy (non-hydrogen) atoms. The Hall–Kier alpha value is -0.000000000000000111. The second-order valence-corrected chi connectivity index (χ2v) is 6.13. The van der Waals surface area contributed by atoms with E-state index >= 15 is 0 Å². The zero-order chi connectivity index (χ0) is 12.3. The first-order valence-corrected chi connectivity index (χ1v) is 6.96. The Labute approximate surface area is 118 Å². The number of halogens is 2. The van der Waals surface area contributed by atoms with Crippen LogP contribution in [0, 0.1) is 5.92 Å². The van der Waals surface area contributed by atoms with E-state index in [1.54, 1.807) is 0 Å². The maximum Gasteiger partial charge on any atom is 0.237 e. The molecule has 0 fully saturated rings. The minimum Gasteiger partial charge on any atom is -0.324 e. The van der Waals surface area contributed by atoms with Crippen molar-refractivity contribution in [2.24, 2.45) is 5.92 Å². The van der Waals surface area contributed by atoms with Crippen molar-refractivity contribution in [2.75, 3.05) is 5.32 Å². The van der Waals surface area contributed by atoms with Gasteiger partial charge in [0.15, 0.2) is 0 Å². The van der Waals surface area contributed by atoms with Gasteiger partial charge in [-0.1, -0.05) is 29.8 Å². The highest BCUT2D eigenvalue weighted by Gasteiger charge is 2.18. The van der Waals surface area contributed by atoms with Crippen LogP contribution in [0.25, 0.3) is 0 Å². The van der Waals surface area contributed by atoms with Gasteiger partial charge in [-0.3, -0.25) is 4.79 Å². The largest absolute Gasteiger partial charge is 0.324 e. The topological polar surface area (TPSA) is 29.1 Å². The van der Waals surface area contributed by atoms with Crippen molar-refractivity contribution in [3.8, 4) is 0 Å². The summed E-state index contributed by atoms with van der Waals surface area (Å²) in [5.41, 5.74) is 0.749. The van der Waals surface area contributed by atoms with Crippen molar-refractivity contribution in [1.29, 1.82) is 0 Å². The highest BCUT2D eigenvalue weighted by Crippen LogP contribution is 2.26. The van der Waals surface area contributed by atoms with Crippen molar-refractivity contribution >= 4 is 56.1 Å². The number of anilines is 1. The number of benzene rings is 1. The molecule has 1 aromatic rings. The van der Waals surface area contributed by atoms with Crippen LogP contribution in [0.4, 0.5) is 5.69 Å². The number of amides is 1. The maximum absolute atomic E-state index is 11.8. The minimum absolute atomic E-state index is 0.0860. The first kappa shape index (κ1) is 14.1.